The van der Waals surface area contributed by atoms with Crippen molar-refractivity contribution in [2.75, 3.05) is 0 Å². The van der Waals surface area contributed by atoms with Crippen LogP contribution in [0.25, 0.3) is 21.8 Å². The molecule has 0 aliphatic heterocycles. The highest BCUT2D eigenvalue weighted by Crippen LogP contribution is 2.24. The second kappa shape index (κ2) is 5.68. The summed E-state index contributed by atoms with van der Waals surface area (Å²) in [5, 5.41) is 2.29. The Morgan fingerprint density at radius 2 is 1.42 bits per heavy atom. The molecule has 2 aromatic carbocycles. The Morgan fingerprint density at radius 1 is 0.833 bits per heavy atom. The summed E-state index contributed by atoms with van der Waals surface area (Å²) in [7, 11) is 4.04. The van der Waals surface area contributed by atoms with Crippen molar-refractivity contribution in [1.29, 1.82) is 0 Å². The Kier molecular flexibility index (Phi) is 3.49. The third-order valence-electron chi connectivity index (χ3n) is 4.80. The number of rotatable bonds is 4. The molecule has 24 heavy (non-hydrogen) atoms. The maximum Gasteiger partial charge on any atom is 0.165 e. The van der Waals surface area contributed by atoms with Crippen molar-refractivity contribution in [3.63, 3.8) is 0 Å². The molecule has 120 valence electrons. The van der Waals surface area contributed by atoms with E-state index in [2.05, 4.69) is 42.1 Å². The molecule has 0 atom stereocenters. The normalized spacial score (nSPS) is 11.4. The summed E-state index contributed by atoms with van der Waals surface area (Å²) in [4.78, 5) is 12.8. The third kappa shape index (κ3) is 2.33. The molecule has 0 spiro atoms. The Labute approximate surface area is 141 Å². The minimum Gasteiger partial charge on any atom is -0.350 e. The predicted molar refractivity (Wildman–Crippen MR) is 98.5 cm³/mol. The number of hydrogen-bond donors (Lipinski definition) is 0. The van der Waals surface area contributed by atoms with E-state index in [1.807, 2.05) is 42.1 Å². The first-order valence-electron chi connectivity index (χ1n) is 8.25. The van der Waals surface area contributed by atoms with Gasteiger partial charge in [-0.3, -0.25) is 4.79 Å². The predicted octanol–water partition coefficient (Wildman–Crippen LogP) is 4.49. The SMILES string of the molecule is Cn1cc(CCC(=O)c2cn(C)c3ccccc23)c2ccccc21. The van der Waals surface area contributed by atoms with Crippen LogP contribution in [0.15, 0.2) is 60.9 Å². The highest BCUT2D eigenvalue weighted by atomic mass is 16.1. The van der Waals surface area contributed by atoms with Crippen LogP contribution < -0.4 is 0 Å². The molecule has 0 amide bonds. The molecule has 0 aliphatic carbocycles. The van der Waals surface area contributed by atoms with Gasteiger partial charge in [-0.2, -0.15) is 0 Å². The van der Waals surface area contributed by atoms with Crippen LogP contribution in [-0.4, -0.2) is 14.9 Å². The zero-order valence-corrected chi connectivity index (χ0v) is 14.0. The van der Waals surface area contributed by atoms with Gasteiger partial charge in [0.25, 0.3) is 0 Å². The number of ketones is 1. The maximum atomic E-state index is 12.8. The molecule has 0 unspecified atom stereocenters. The fourth-order valence-electron chi connectivity index (χ4n) is 3.57. The number of aromatic nitrogens is 2. The highest BCUT2D eigenvalue weighted by molar-refractivity contribution is 6.08. The van der Waals surface area contributed by atoms with Gasteiger partial charge in [0.15, 0.2) is 5.78 Å². The second-order valence-corrected chi connectivity index (χ2v) is 6.38. The van der Waals surface area contributed by atoms with Gasteiger partial charge in [-0.05, 0) is 24.1 Å². The van der Waals surface area contributed by atoms with Crippen LogP contribution in [0, 0.1) is 0 Å². The Balaban J connectivity index is 1.62. The van der Waals surface area contributed by atoms with Crippen LogP contribution in [0.3, 0.4) is 0 Å². The Hall–Kier alpha value is -2.81. The summed E-state index contributed by atoms with van der Waals surface area (Å²) in [6.07, 6.45) is 5.39. The van der Waals surface area contributed by atoms with Crippen molar-refractivity contribution < 1.29 is 4.79 Å². The summed E-state index contributed by atoms with van der Waals surface area (Å²) in [6, 6.07) is 16.4. The van der Waals surface area contributed by atoms with E-state index >= 15 is 0 Å². The lowest BCUT2D eigenvalue weighted by Gasteiger charge is -2.00. The molecule has 0 N–H and O–H groups in total. The number of fused-ring (bicyclic) bond motifs is 2. The molecule has 0 bridgehead atoms. The molecule has 0 fully saturated rings. The molecule has 3 nitrogen and oxygen atoms in total. The van der Waals surface area contributed by atoms with Crippen molar-refractivity contribution in [2.24, 2.45) is 14.1 Å². The van der Waals surface area contributed by atoms with Crippen molar-refractivity contribution in [3.8, 4) is 0 Å². The van der Waals surface area contributed by atoms with Gasteiger partial charge in [-0.15, -0.1) is 0 Å². The number of aryl methyl sites for hydroxylation is 3. The molecule has 2 aromatic heterocycles. The van der Waals surface area contributed by atoms with Crippen molar-refractivity contribution in [1.82, 2.24) is 9.13 Å². The van der Waals surface area contributed by atoms with E-state index < -0.39 is 0 Å². The molecule has 0 radical (unpaired) electrons. The largest absolute Gasteiger partial charge is 0.350 e. The minimum atomic E-state index is 0.208. The van der Waals surface area contributed by atoms with E-state index in [1.54, 1.807) is 0 Å². The molecule has 4 aromatic rings. The number of para-hydroxylation sites is 2. The van der Waals surface area contributed by atoms with Crippen LogP contribution >= 0.6 is 0 Å². The fraction of sp³-hybridized carbons (Fsp3) is 0.190. The number of carbonyl (C=O) groups is 1. The van der Waals surface area contributed by atoms with E-state index in [9.17, 15) is 4.79 Å². The standard InChI is InChI=1S/C21H20N2O/c1-22-13-15(16-7-3-5-9-19(16)22)11-12-21(24)18-14-23(2)20-10-6-4-8-17(18)20/h3-10,13-14H,11-12H2,1-2H3. The minimum absolute atomic E-state index is 0.208. The van der Waals surface area contributed by atoms with Crippen LogP contribution in [0.4, 0.5) is 0 Å². The topological polar surface area (TPSA) is 26.9 Å². The second-order valence-electron chi connectivity index (χ2n) is 6.38. The van der Waals surface area contributed by atoms with E-state index in [0.717, 1.165) is 22.9 Å². The molecule has 0 saturated heterocycles. The number of Topliss-reactive ketones (excluding diaryl/α,β-unsaturated/α-hetero) is 1. The molecule has 2 heterocycles. The van der Waals surface area contributed by atoms with Crippen LogP contribution in [0.5, 0.6) is 0 Å². The third-order valence-corrected chi connectivity index (χ3v) is 4.80. The van der Waals surface area contributed by atoms with Gasteiger partial charge in [0.1, 0.15) is 0 Å². The van der Waals surface area contributed by atoms with Gasteiger partial charge in [-0.1, -0.05) is 36.4 Å². The van der Waals surface area contributed by atoms with Gasteiger partial charge in [0, 0.05) is 60.3 Å². The molecule has 4 rings (SSSR count). The Morgan fingerprint density at radius 3 is 2.17 bits per heavy atom. The molecule has 0 saturated carbocycles. The summed E-state index contributed by atoms with van der Waals surface area (Å²) >= 11 is 0. The summed E-state index contributed by atoms with van der Waals surface area (Å²) < 4.78 is 4.16. The molecular weight excluding hydrogens is 296 g/mol. The summed E-state index contributed by atoms with van der Waals surface area (Å²) in [5.74, 6) is 0.208. The van der Waals surface area contributed by atoms with E-state index in [-0.39, 0.29) is 5.78 Å². The zero-order valence-electron chi connectivity index (χ0n) is 14.0. The first kappa shape index (κ1) is 14.8. The Bertz CT molecular complexity index is 1050. The molecular formula is C21H20N2O. The van der Waals surface area contributed by atoms with E-state index in [0.29, 0.717) is 6.42 Å². The fourth-order valence-corrected chi connectivity index (χ4v) is 3.57. The lowest BCUT2D eigenvalue weighted by Crippen LogP contribution is -2.00. The first-order chi connectivity index (χ1) is 11.6. The van der Waals surface area contributed by atoms with Crippen molar-refractivity contribution in [3.05, 3.63) is 72.1 Å². The summed E-state index contributed by atoms with van der Waals surface area (Å²) in [6.45, 7) is 0. The molecule has 3 heteroatoms. The first-order valence-corrected chi connectivity index (χ1v) is 8.25. The maximum absolute atomic E-state index is 12.8. The van der Waals surface area contributed by atoms with Crippen molar-refractivity contribution in [2.45, 2.75) is 12.8 Å². The van der Waals surface area contributed by atoms with Gasteiger partial charge in [-0.25, -0.2) is 0 Å². The van der Waals surface area contributed by atoms with Crippen LogP contribution in [0.1, 0.15) is 22.3 Å². The average molecular weight is 316 g/mol. The lowest BCUT2D eigenvalue weighted by molar-refractivity contribution is 0.0984. The average Bonchev–Trinajstić information content (AvgIpc) is 3.11. The zero-order chi connectivity index (χ0) is 16.7. The highest BCUT2D eigenvalue weighted by Gasteiger charge is 2.14. The number of carbonyl (C=O) groups excluding carboxylic acids is 1. The number of hydrogen-bond acceptors (Lipinski definition) is 1. The summed E-state index contributed by atoms with van der Waals surface area (Å²) in [5.41, 5.74) is 4.38. The van der Waals surface area contributed by atoms with Crippen molar-refractivity contribution >= 4 is 27.6 Å². The van der Waals surface area contributed by atoms with Gasteiger partial charge < -0.3 is 9.13 Å². The number of nitrogens with zero attached hydrogens (tertiary/aromatic N) is 2. The molecule has 0 aliphatic rings. The van der Waals surface area contributed by atoms with Gasteiger partial charge >= 0.3 is 0 Å². The smallest absolute Gasteiger partial charge is 0.165 e. The van der Waals surface area contributed by atoms with Crippen LogP contribution in [-0.2, 0) is 20.5 Å². The van der Waals surface area contributed by atoms with E-state index in [1.165, 1.54) is 16.5 Å². The van der Waals surface area contributed by atoms with Gasteiger partial charge in [0.2, 0.25) is 0 Å². The van der Waals surface area contributed by atoms with E-state index in [4.69, 9.17) is 0 Å². The number of benzene rings is 2. The van der Waals surface area contributed by atoms with Crippen LogP contribution in [0.2, 0.25) is 0 Å². The van der Waals surface area contributed by atoms with Gasteiger partial charge in [0.05, 0.1) is 0 Å². The monoisotopic (exact) mass is 316 g/mol. The quantitative estimate of drug-likeness (QED) is 0.510. The lowest BCUT2D eigenvalue weighted by atomic mass is 10.0.